The smallest absolute Gasteiger partial charge is 0.325 e. The average molecular weight is 245 g/mol. The van der Waals surface area contributed by atoms with Crippen LogP contribution in [-0.2, 0) is 14.9 Å². The van der Waals surface area contributed by atoms with Crippen molar-refractivity contribution in [2.24, 2.45) is 0 Å². The van der Waals surface area contributed by atoms with Crippen molar-refractivity contribution in [3.05, 3.63) is 35.4 Å². The van der Waals surface area contributed by atoms with E-state index in [0.717, 1.165) is 24.0 Å². The maximum absolute atomic E-state index is 12.3. The number of esters is 1. The van der Waals surface area contributed by atoms with Gasteiger partial charge in [0.05, 0.1) is 7.11 Å². The quantitative estimate of drug-likeness (QED) is 0.739. The summed E-state index contributed by atoms with van der Waals surface area (Å²) in [4.78, 5) is 25.3. The van der Waals surface area contributed by atoms with Gasteiger partial charge in [0.25, 0.3) is 5.91 Å². The zero-order valence-corrected chi connectivity index (χ0v) is 10.3. The lowest BCUT2D eigenvalue weighted by molar-refractivity contribution is -0.141. The Balaban J connectivity index is 1.95. The molecule has 0 unspecified atom stereocenters. The van der Waals surface area contributed by atoms with Gasteiger partial charge in [0.1, 0.15) is 6.54 Å². The molecule has 0 aromatic heterocycles. The first kappa shape index (κ1) is 11.3. The van der Waals surface area contributed by atoms with Crippen LogP contribution >= 0.6 is 0 Å². The number of ether oxygens (including phenoxy) is 1. The van der Waals surface area contributed by atoms with Gasteiger partial charge in [0, 0.05) is 17.5 Å². The van der Waals surface area contributed by atoms with Crippen molar-refractivity contribution in [3.63, 3.8) is 0 Å². The summed E-state index contributed by atoms with van der Waals surface area (Å²) in [6.07, 6.45) is 2.18. The summed E-state index contributed by atoms with van der Waals surface area (Å²) < 4.78 is 4.65. The molecule has 1 spiro atoms. The third kappa shape index (κ3) is 1.60. The molecular formula is C14H15NO3. The summed E-state index contributed by atoms with van der Waals surface area (Å²) in [5.74, 6) is -0.424. The number of hydrogen-bond donors (Lipinski definition) is 0. The molecule has 1 fully saturated rings. The Labute approximate surface area is 106 Å². The first-order valence-corrected chi connectivity index (χ1v) is 6.12. The van der Waals surface area contributed by atoms with Crippen LogP contribution < -0.4 is 0 Å². The molecule has 1 amide bonds. The minimum atomic E-state index is -0.362. The highest BCUT2D eigenvalue weighted by Gasteiger charge is 2.51. The first-order valence-electron chi connectivity index (χ1n) is 6.12. The van der Waals surface area contributed by atoms with E-state index in [1.807, 2.05) is 24.3 Å². The minimum absolute atomic E-state index is 0.0470. The summed E-state index contributed by atoms with van der Waals surface area (Å²) in [7, 11) is 1.34. The SMILES string of the molecule is COC(=O)CN1CC2(CC2)c2ccccc2C1=O. The predicted octanol–water partition coefficient (Wildman–Crippen LogP) is 1.35. The number of rotatable bonds is 2. The summed E-state index contributed by atoms with van der Waals surface area (Å²) in [5.41, 5.74) is 1.99. The van der Waals surface area contributed by atoms with Crippen molar-refractivity contribution in [3.8, 4) is 0 Å². The van der Waals surface area contributed by atoms with Crippen molar-refractivity contribution in [1.29, 1.82) is 0 Å². The average Bonchev–Trinajstić information content (AvgIpc) is 3.16. The number of hydrogen-bond acceptors (Lipinski definition) is 3. The van der Waals surface area contributed by atoms with Gasteiger partial charge < -0.3 is 9.64 Å². The zero-order chi connectivity index (χ0) is 12.8. The van der Waals surface area contributed by atoms with E-state index in [0.29, 0.717) is 6.54 Å². The summed E-state index contributed by atoms with van der Waals surface area (Å²) >= 11 is 0. The molecule has 0 N–H and O–H groups in total. The second-order valence-corrected chi connectivity index (χ2v) is 5.06. The molecule has 1 aliphatic carbocycles. The van der Waals surface area contributed by atoms with Gasteiger partial charge in [-0.05, 0) is 24.5 Å². The van der Waals surface area contributed by atoms with Crippen LogP contribution in [0.5, 0.6) is 0 Å². The van der Waals surface area contributed by atoms with Gasteiger partial charge in [0.2, 0.25) is 0 Å². The molecule has 1 aromatic rings. The Morgan fingerprint density at radius 2 is 2.11 bits per heavy atom. The Bertz CT molecular complexity index is 520. The first-order chi connectivity index (χ1) is 8.66. The van der Waals surface area contributed by atoms with Crippen molar-refractivity contribution in [2.45, 2.75) is 18.3 Å². The van der Waals surface area contributed by atoms with E-state index >= 15 is 0 Å². The van der Waals surface area contributed by atoms with Gasteiger partial charge in [-0.1, -0.05) is 18.2 Å². The van der Waals surface area contributed by atoms with Gasteiger partial charge in [-0.3, -0.25) is 9.59 Å². The molecule has 0 atom stereocenters. The summed E-state index contributed by atoms with van der Waals surface area (Å²) in [6.45, 7) is 0.684. The number of methoxy groups -OCH3 is 1. The number of benzene rings is 1. The molecule has 18 heavy (non-hydrogen) atoms. The minimum Gasteiger partial charge on any atom is -0.468 e. The molecule has 4 heteroatoms. The fraction of sp³-hybridized carbons (Fsp3) is 0.429. The van der Waals surface area contributed by atoms with E-state index in [1.54, 1.807) is 4.90 Å². The van der Waals surface area contributed by atoms with Crippen molar-refractivity contribution in [2.75, 3.05) is 20.2 Å². The third-order valence-electron chi connectivity index (χ3n) is 3.91. The fourth-order valence-corrected chi connectivity index (χ4v) is 2.75. The van der Waals surface area contributed by atoms with Gasteiger partial charge in [-0.2, -0.15) is 0 Å². The largest absolute Gasteiger partial charge is 0.468 e. The second-order valence-electron chi connectivity index (χ2n) is 5.06. The monoisotopic (exact) mass is 245 g/mol. The zero-order valence-electron chi connectivity index (χ0n) is 10.3. The van der Waals surface area contributed by atoms with E-state index in [4.69, 9.17) is 0 Å². The molecule has 0 bridgehead atoms. The predicted molar refractivity (Wildman–Crippen MR) is 65.3 cm³/mol. The third-order valence-corrected chi connectivity index (χ3v) is 3.91. The topological polar surface area (TPSA) is 46.6 Å². The molecule has 2 aliphatic rings. The van der Waals surface area contributed by atoms with E-state index in [9.17, 15) is 9.59 Å². The molecule has 0 saturated heterocycles. The highest BCUT2D eigenvalue weighted by atomic mass is 16.5. The van der Waals surface area contributed by atoms with Gasteiger partial charge in [-0.25, -0.2) is 0 Å². The van der Waals surface area contributed by atoms with Crippen molar-refractivity contribution < 1.29 is 14.3 Å². The van der Waals surface area contributed by atoms with Gasteiger partial charge >= 0.3 is 5.97 Å². The Morgan fingerprint density at radius 3 is 2.78 bits per heavy atom. The maximum atomic E-state index is 12.3. The van der Waals surface area contributed by atoms with Crippen LogP contribution in [-0.4, -0.2) is 37.0 Å². The molecule has 1 saturated carbocycles. The Morgan fingerprint density at radius 1 is 1.39 bits per heavy atom. The molecule has 1 heterocycles. The summed E-state index contributed by atoms with van der Waals surface area (Å²) in [5, 5.41) is 0. The second kappa shape index (κ2) is 3.83. The van der Waals surface area contributed by atoms with Crippen LogP contribution in [0.4, 0.5) is 0 Å². The lowest BCUT2D eigenvalue weighted by Crippen LogP contribution is -2.45. The molecule has 94 valence electrons. The highest BCUT2D eigenvalue weighted by Crippen LogP contribution is 2.52. The fourth-order valence-electron chi connectivity index (χ4n) is 2.75. The van der Waals surface area contributed by atoms with Crippen LogP contribution in [0, 0.1) is 0 Å². The van der Waals surface area contributed by atoms with Crippen LogP contribution in [0.3, 0.4) is 0 Å². The Hall–Kier alpha value is -1.84. The number of carbonyl (C=O) groups is 2. The maximum Gasteiger partial charge on any atom is 0.325 e. The van der Waals surface area contributed by atoms with Crippen molar-refractivity contribution >= 4 is 11.9 Å². The molecule has 1 aliphatic heterocycles. The van der Waals surface area contributed by atoms with Gasteiger partial charge in [0.15, 0.2) is 0 Å². The number of amides is 1. The molecule has 1 aromatic carbocycles. The lowest BCUT2D eigenvalue weighted by atomic mass is 9.86. The van der Waals surface area contributed by atoms with E-state index < -0.39 is 0 Å². The van der Waals surface area contributed by atoms with Crippen molar-refractivity contribution in [1.82, 2.24) is 4.90 Å². The highest BCUT2D eigenvalue weighted by molar-refractivity contribution is 5.99. The van der Waals surface area contributed by atoms with E-state index in [1.165, 1.54) is 7.11 Å². The number of fused-ring (bicyclic) bond motifs is 2. The van der Waals surface area contributed by atoms with Crippen LogP contribution in [0.25, 0.3) is 0 Å². The van der Waals surface area contributed by atoms with Gasteiger partial charge in [-0.15, -0.1) is 0 Å². The number of carbonyl (C=O) groups excluding carboxylic acids is 2. The lowest BCUT2D eigenvalue weighted by Gasteiger charge is -2.33. The van der Waals surface area contributed by atoms with E-state index in [2.05, 4.69) is 4.74 Å². The number of nitrogens with zero attached hydrogens (tertiary/aromatic N) is 1. The molecule has 0 radical (unpaired) electrons. The summed E-state index contributed by atoms with van der Waals surface area (Å²) in [6, 6.07) is 7.73. The van der Waals surface area contributed by atoms with Crippen LogP contribution in [0.15, 0.2) is 24.3 Å². The molecule has 4 nitrogen and oxygen atoms in total. The van der Waals surface area contributed by atoms with Crippen LogP contribution in [0.1, 0.15) is 28.8 Å². The van der Waals surface area contributed by atoms with E-state index in [-0.39, 0.29) is 23.8 Å². The Kier molecular flexibility index (Phi) is 2.40. The normalized spacial score (nSPS) is 19.6. The van der Waals surface area contributed by atoms with Crippen LogP contribution in [0.2, 0.25) is 0 Å². The molecular weight excluding hydrogens is 230 g/mol. The molecule has 3 rings (SSSR count). The standard InChI is InChI=1S/C14H15NO3/c1-18-12(16)8-15-9-14(6-7-14)11-5-3-2-4-10(11)13(15)17/h2-5H,6-9H2,1H3.